The van der Waals surface area contributed by atoms with Gasteiger partial charge in [0.2, 0.25) is 5.88 Å². The Morgan fingerprint density at radius 1 is 1.56 bits per heavy atom. The highest BCUT2D eigenvalue weighted by Crippen LogP contribution is 2.29. The molecule has 0 aliphatic heterocycles. The molecule has 96 valence electrons. The van der Waals surface area contributed by atoms with Gasteiger partial charge in [0.1, 0.15) is 11.8 Å². The van der Waals surface area contributed by atoms with Crippen molar-refractivity contribution in [2.24, 2.45) is 0 Å². The number of aromatic nitrogens is 1. The van der Waals surface area contributed by atoms with Gasteiger partial charge in [0.15, 0.2) is 0 Å². The van der Waals surface area contributed by atoms with Gasteiger partial charge in [0.05, 0.1) is 26.2 Å². The maximum absolute atomic E-state index is 12.7. The third-order valence-electron chi connectivity index (χ3n) is 2.19. The van der Waals surface area contributed by atoms with Gasteiger partial charge in [0, 0.05) is 5.56 Å². The lowest BCUT2D eigenvalue weighted by molar-refractivity contribution is -0.139. The molecule has 0 saturated carbocycles. The smallest absolute Gasteiger partial charge is 0.310 e. The predicted octanol–water partition coefficient (Wildman–Crippen LogP) is 1.61. The number of carbonyl (C=O) groups excluding carboxylic acids is 1. The predicted molar refractivity (Wildman–Crippen MR) is 56.2 cm³/mol. The van der Waals surface area contributed by atoms with E-state index in [1.807, 2.05) is 0 Å². The number of alkyl halides is 2. The van der Waals surface area contributed by atoms with Crippen LogP contribution in [0, 0.1) is 11.3 Å². The highest BCUT2D eigenvalue weighted by molar-refractivity contribution is 5.73. The van der Waals surface area contributed by atoms with Crippen molar-refractivity contribution >= 4 is 5.97 Å². The van der Waals surface area contributed by atoms with Crippen molar-refractivity contribution in [1.82, 2.24) is 4.98 Å². The Morgan fingerprint density at radius 3 is 2.67 bits per heavy atom. The first-order valence-corrected chi connectivity index (χ1v) is 4.86. The molecule has 0 fully saturated rings. The highest BCUT2D eigenvalue weighted by Gasteiger charge is 2.20. The van der Waals surface area contributed by atoms with Crippen LogP contribution in [0.1, 0.15) is 23.2 Å². The number of methoxy groups -OCH3 is 2. The van der Waals surface area contributed by atoms with Gasteiger partial charge < -0.3 is 9.47 Å². The largest absolute Gasteiger partial charge is 0.481 e. The molecule has 0 atom stereocenters. The van der Waals surface area contributed by atoms with Crippen LogP contribution in [-0.4, -0.2) is 25.2 Å². The highest BCUT2D eigenvalue weighted by atomic mass is 19.3. The minimum absolute atomic E-state index is 0.0838. The maximum Gasteiger partial charge on any atom is 0.310 e. The molecule has 0 aromatic carbocycles. The van der Waals surface area contributed by atoms with E-state index in [1.54, 1.807) is 6.07 Å². The van der Waals surface area contributed by atoms with E-state index >= 15 is 0 Å². The van der Waals surface area contributed by atoms with Crippen LogP contribution in [0.15, 0.2) is 6.07 Å². The monoisotopic (exact) mass is 256 g/mol. The van der Waals surface area contributed by atoms with Crippen LogP contribution in [0.5, 0.6) is 5.88 Å². The maximum atomic E-state index is 12.7. The second kappa shape index (κ2) is 5.91. The first-order valence-electron chi connectivity index (χ1n) is 4.86. The van der Waals surface area contributed by atoms with Crippen molar-refractivity contribution in [2.75, 3.05) is 14.2 Å². The molecule has 0 aliphatic carbocycles. The van der Waals surface area contributed by atoms with Crippen molar-refractivity contribution in [2.45, 2.75) is 12.8 Å². The molecule has 0 N–H and O–H groups in total. The summed E-state index contributed by atoms with van der Waals surface area (Å²) in [6.45, 7) is 0. The molecule has 0 bridgehead atoms. The zero-order valence-corrected chi connectivity index (χ0v) is 9.74. The fraction of sp³-hybridized carbons (Fsp3) is 0.364. The lowest BCUT2D eigenvalue weighted by Gasteiger charge is -2.10. The number of hydrogen-bond acceptors (Lipinski definition) is 5. The van der Waals surface area contributed by atoms with E-state index in [0.29, 0.717) is 0 Å². The molecule has 1 aromatic rings. The van der Waals surface area contributed by atoms with Gasteiger partial charge >= 0.3 is 5.97 Å². The van der Waals surface area contributed by atoms with Gasteiger partial charge in [-0.05, 0) is 6.07 Å². The lowest BCUT2D eigenvalue weighted by atomic mass is 10.1. The Kier molecular flexibility index (Phi) is 4.54. The Hall–Kier alpha value is -2.23. The minimum Gasteiger partial charge on any atom is -0.481 e. The molecule has 0 aliphatic rings. The summed E-state index contributed by atoms with van der Waals surface area (Å²) in [4.78, 5) is 14.8. The van der Waals surface area contributed by atoms with E-state index in [1.165, 1.54) is 14.2 Å². The summed E-state index contributed by atoms with van der Waals surface area (Å²) >= 11 is 0. The molecule has 7 heteroatoms. The Bertz CT molecular complexity index is 498. The molecule has 0 spiro atoms. The average molecular weight is 256 g/mol. The number of nitriles is 1. The normalized spacial score (nSPS) is 10.0. The van der Waals surface area contributed by atoms with E-state index < -0.39 is 18.0 Å². The molecule has 18 heavy (non-hydrogen) atoms. The molecule has 0 amide bonds. The van der Waals surface area contributed by atoms with E-state index in [9.17, 15) is 13.6 Å². The molecule has 0 radical (unpaired) electrons. The summed E-state index contributed by atoms with van der Waals surface area (Å²) in [6, 6.07) is 2.76. The van der Waals surface area contributed by atoms with Gasteiger partial charge in [-0.3, -0.25) is 4.79 Å². The van der Waals surface area contributed by atoms with Crippen molar-refractivity contribution < 1.29 is 23.0 Å². The van der Waals surface area contributed by atoms with Crippen LogP contribution >= 0.6 is 0 Å². The van der Waals surface area contributed by atoms with Crippen LogP contribution in [0.2, 0.25) is 0 Å². The zero-order chi connectivity index (χ0) is 13.7. The first kappa shape index (κ1) is 13.8. The number of carbonyl (C=O) groups is 1. The number of ether oxygens (including phenoxy) is 2. The summed E-state index contributed by atoms with van der Waals surface area (Å²) in [5, 5.41) is 8.85. The van der Waals surface area contributed by atoms with Crippen LogP contribution in [-0.2, 0) is 16.0 Å². The standard InChI is InChI=1S/C11H10F2N2O3/c1-17-9(16)4-6-3-7(10(12)13)11(18-2)15-8(6)5-14/h3,10H,4H2,1-2H3. The molecule has 1 heterocycles. The zero-order valence-electron chi connectivity index (χ0n) is 9.74. The number of esters is 1. The first-order chi connectivity index (χ1) is 8.53. The van der Waals surface area contributed by atoms with Crippen LogP contribution in [0.4, 0.5) is 8.78 Å². The molecule has 1 aromatic heterocycles. The second-order valence-electron chi connectivity index (χ2n) is 3.26. The van der Waals surface area contributed by atoms with Crippen LogP contribution < -0.4 is 4.74 Å². The van der Waals surface area contributed by atoms with Gasteiger partial charge in [-0.2, -0.15) is 5.26 Å². The fourth-order valence-corrected chi connectivity index (χ4v) is 1.33. The Labute approximate surface area is 102 Å². The number of nitrogens with zero attached hydrogens (tertiary/aromatic N) is 2. The van der Waals surface area contributed by atoms with E-state index in [2.05, 4.69) is 14.5 Å². The van der Waals surface area contributed by atoms with Crippen molar-refractivity contribution in [1.29, 1.82) is 5.26 Å². The fourth-order valence-electron chi connectivity index (χ4n) is 1.33. The number of halogens is 2. The molecular weight excluding hydrogens is 246 g/mol. The number of pyridine rings is 1. The van der Waals surface area contributed by atoms with Gasteiger partial charge in [-0.1, -0.05) is 0 Å². The van der Waals surface area contributed by atoms with Crippen molar-refractivity contribution in [3.05, 3.63) is 22.9 Å². The molecule has 5 nitrogen and oxygen atoms in total. The van der Waals surface area contributed by atoms with Crippen LogP contribution in [0.25, 0.3) is 0 Å². The third-order valence-corrected chi connectivity index (χ3v) is 2.19. The third kappa shape index (κ3) is 2.91. The van der Waals surface area contributed by atoms with Gasteiger partial charge in [-0.25, -0.2) is 13.8 Å². The molecular formula is C11H10F2N2O3. The van der Waals surface area contributed by atoms with Crippen molar-refractivity contribution in [3.63, 3.8) is 0 Å². The molecule has 0 saturated heterocycles. The number of hydrogen-bond donors (Lipinski definition) is 0. The minimum atomic E-state index is -2.81. The summed E-state index contributed by atoms with van der Waals surface area (Å²) in [7, 11) is 2.34. The van der Waals surface area contributed by atoms with E-state index in [4.69, 9.17) is 5.26 Å². The van der Waals surface area contributed by atoms with Gasteiger partial charge in [-0.15, -0.1) is 0 Å². The van der Waals surface area contributed by atoms with Gasteiger partial charge in [0.25, 0.3) is 6.43 Å². The summed E-state index contributed by atoms with van der Waals surface area (Å²) < 4.78 is 34.6. The second-order valence-corrected chi connectivity index (χ2v) is 3.26. The van der Waals surface area contributed by atoms with Crippen LogP contribution in [0.3, 0.4) is 0 Å². The summed E-state index contributed by atoms with van der Waals surface area (Å²) in [5.74, 6) is -0.964. The Morgan fingerprint density at radius 2 is 2.22 bits per heavy atom. The number of rotatable bonds is 4. The average Bonchev–Trinajstić information content (AvgIpc) is 2.37. The van der Waals surface area contributed by atoms with E-state index in [-0.39, 0.29) is 23.6 Å². The molecule has 1 rings (SSSR count). The lowest BCUT2D eigenvalue weighted by Crippen LogP contribution is -2.09. The summed E-state index contributed by atoms with van der Waals surface area (Å²) in [5.41, 5.74) is -0.516. The Balaban J connectivity index is 3.28. The topological polar surface area (TPSA) is 72.2 Å². The van der Waals surface area contributed by atoms with Crippen molar-refractivity contribution in [3.8, 4) is 11.9 Å². The quantitative estimate of drug-likeness (QED) is 0.765. The SMILES string of the molecule is COC(=O)Cc1cc(C(F)F)c(OC)nc1C#N. The van der Waals surface area contributed by atoms with E-state index in [0.717, 1.165) is 6.07 Å². The summed E-state index contributed by atoms with van der Waals surface area (Å²) in [6.07, 6.45) is -3.10. The molecule has 0 unspecified atom stereocenters.